The fourth-order valence-corrected chi connectivity index (χ4v) is 4.44. The molecule has 1 aliphatic rings. The summed E-state index contributed by atoms with van der Waals surface area (Å²) in [6, 6.07) is 6.66. The SMILES string of the molecule is CCNC(CS(=O)CC1CCCO1)c1ccc(C)cc1C. The molecule has 1 fully saturated rings. The third kappa shape index (κ3) is 4.90. The quantitative estimate of drug-likeness (QED) is 0.841. The molecular weight excluding hydrogens is 282 g/mol. The van der Waals surface area contributed by atoms with Gasteiger partial charge in [0, 0.05) is 35.0 Å². The van der Waals surface area contributed by atoms with E-state index in [0.29, 0.717) is 11.5 Å². The smallest absolute Gasteiger partial charge is 0.0691 e. The van der Waals surface area contributed by atoms with Crippen LogP contribution >= 0.6 is 0 Å². The van der Waals surface area contributed by atoms with Crippen molar-refractivity contribution in [1.29, 1.82) is 0 Å². The second-order valence-electron chi connectivity index (χ2n) is 5.88. The highest BCUT2D eigenvalue weighted by atomic mass is 32.2. The molecule has 1 aromatic carbocycles. The van der Waals surface area contributed by atoms with E-state index in [1.54, 1.807) is 0 Å². The number of hydrogen-bond donors (Lipinski definition) is 1. The van der Waals surface area contributed by atoms with E-state index in [1.165, 1.54) is 16.7 Å². The van der Waals surface area contributed by atoms with Gasteiger partial charge in [-0.05, 0) is 44.4 Å². The lowest BCUT2D eigenvalue weighted by molar-refractivity contribution is 0.128. The standard InChI is InChI=1S/C17H27NO2S/c1-4-18-17(16-8-7-13(2)10-14(16)3)12-21(19)11-15-6-5-9-20-15/h7-8,10,15,17-18H,4-6,9,11-12H2,1-3H3. The molecule has 21 heavy (non-hydrogen) atoms. The Morgan fingerprint density at radius 2 is 2.24 bits per heavy atom. The highest BCUT2D eigenvalue weighted by molar-refractivity contribution is 7.85. The molecule has 0 bridgehead atoms. The Balaban J connectivity index is 2.02. The van der Waals surface area contributed by atoms with E-state index in [1.807, 2.05) is 0 Å². The Bertz CT molecular complexity index is 484. The molecule has 1 heterocycles. The van der Waals surface area contributed by atoms with Crippen molar-refractivity contribution in [2.45, 2.75) is 45.8 Å². The zero-order valence-corrected chi connectivity index (χ0v) is 14.2. The summed E-state index contributed by atoms with van der Waals surface area (Å²) in [7, 11) is -0.843. The average molecular weight is 309 g/mol. The molecule has 3 atom stereocenters. The van der Waals surface area contributed by atoms with E-state index >= 15 is 0 Å². The molecule has 3 unspecified atom stereocenters. The third-order valence-electron chi connectivity index (χ3n) is 4.00. The van der Waals surface area contributed by atoms with Gasteiger partial charge < -0.3 is 10.1 Å². The fraction of sp³-hybridized carbons (Fsp3) is 0.647. The minimum Gasteiger partial charge on any atom is -0.377 e. The number of rotatable bonds is 7. The van der Waals surface area contributed by atoms with Crippen molar-refractivity contribution < 1.29 is 8.95 Å². The average Bonchev–Trinajstić information content (AvgIpc) is 2.91. The van der Waals surface area contributed by atoms with Crippen LogP contribution in [0.1, 0.15) is 42.5 Å². The highest BCUT2D eigenvalue weighted by Crippen LogP contribution is 2.21. The number of hydrogen-bond acceptors (Lipinski definition) is 3. The van der Waals surface area contributed by atoms with Gasteiger partial charge in [-0.2, -0.15) is 0 Å². The van der Waals surface area contributed by atoms with Gasteiger partial charge in [0.05, 0.1) is 6.10 Å². The Kier molecular flexibility index (Phi) is 6.40. The van der Waals surface area contributed by atoms with Gasteiger partial charge in [-0.3, -0.25) is 4.21 Å². The summed E-state index contributed by atoms with van der Waals surface area (Å²) in [4.78, 5) is 0. The van der Waals surface area contributed by atoms with Crippen LogP contribution in [0.2, 0.25) is 0 Å². The summed E-state index contributed by atoms with van der Waals surface area (Å²) in [5.41, 5.74) is 3.81. The van der Waals surface area contributed by atoms with Crippen LogP contribution in [0.4, 0.5) is 0 Å². The first-order valence-corrected chi connectivity index (χ1v) is 9.36. The van der Waals surface area contributed by atoms with Gasteiger partial charge in [0.1, 0.15) is 0 Å². The topological polar surface area (TPSA) is 38.3 Å². The van der Waals surface area contributed by atoms with Crippen molar-refractivity contribution in [3.05, 3.63) is 34.9 Å². The largest absolute Gasteiger partial charge is 0.377 e. The first-order valence-electron chi connectivity index (χ1n) is 7.87. The predicted octanol–water partition coefficient (Wildman–Crippen LogP) is 2.88. The van der Waals surface area contributed by atoms with Crippen LogP contribution in [0.25, 0.3) is 0 Å². The van der Waals surface area contributed by atoms with Gasteiger partial charge in [-0.1, -0.05) is 30.7 Å². The normalized spacial score (nSPS) is 21.4. The summed E-state index contributed by atoms with van der Waals surface area (Å²) in [5.74, 6) is 1.34. The molecule has 3 nitrogen and oxygen atoms in total. The molecule has 0 aromatic heterocycles. The van der Waals surface area contributed by atoms with Gasteiger partial charge in [-0.25, -0.2) is 0 Å². The summed E-state index contributed by atoms with van der Waals surface area (Å²) in [5, 5.41) is 3.48. The van der Waals surface area contributed by atoms with Crippen LogP contribution < -0.4 is 5.32 Å². The molecule has 0 radical (unpaired) electrons. The van der Waals surface area contributed by atoms with Crippen molar-refractivity contribution in [2.75, 3.05) is 24.7 Å². The van der Waals surface area contributed by atoms with Crippen LogP contribution in [-0.2, 0) is 15.5 Å². The van der Waals surface area contributed by atoms with Crippen LogP contribution in [0, 0.1) is 13.8 Å². The Morgan fingerprint density at radius 3 is 2.86 bits per heavy atom. The van der Waals surface area contributed by atoms with E-state index in [2.05, 4.69) is 44.3 Å². The second kappa shape index (κ2) is 8.06. The van der Waals surface area contributed by atoms with E-state index in [9.17, 15) is 4.21 Å². The van der Waals surface area contributed by atoms with Gasteiger partial charge in [0.15, 0.2) is 0 Å². The highest BCUT2D eigenvalue weighted by Gasteiger charge is 2.21. The molecule has 0 spiro atoms. The van der Waals surface area contributed by atoms with Gasteiger partial charge in [0.25, 0.3) is 0 Å². The molecule has 0 saturated carbocycles. The molecule has 2 rings (SSSR count). The summed E-state index contributed by atoms with van der Waals surface area (Å²) >= 11 is 0. The number of aryl methyl sites for hydroxylation is 2. The third-order valence-corrected chi connectivity index (χ3v) is 5.45. The summed E-state index contributed by atoms with van der Waals surface area (Å²) < 4.78 is 18.0. The number of nitrogens with one attached hydrogen (secondary N) is 1. The van der Waals surface area contributed by atoms with Crippen molar-refractivity contribution in [3.8, 4) is 0 Å². The summed E-state index contributed by atoms with van der Waals surface area (Å²) in [6.45, 7) is 8.05. The molecule has 1 aromatic rings. The molecule has 1 aliphatic heterocycles. The van der Waals surface area contributed by atoms with E-state index < -0.39 is 10.8 Å². The molecular formula is C17H27NO2S. The molecule has 0 aliphatic carbocycles. The Morgan fingerprint density at radius 1 is 1.43 bits per heavy atom. The maximum atomic E-state index is 12.4. The van der Waals surface area contributed by atoms with Crippen molar-refractivity contribution in [3.63, 3.8) is 0 Å². The first kappa shape index (κ1) is 16.7. The molecule has 0 amide bonds. The monoisotopic (exact) mass is 309 g/mol. The van der Waals surface area contributed by atoms with Gasteiger partial charge >= 0.3 is 0 Å². The predicted molar refractivity (Wildman–Crippen MR) is 89.2 cm³/mol. The maximum absolute atomic E-state index is 12.4. The lowest BCUT2D eigenvalue weighted by Crippen LogP contribution is -2.29. The van der Waals surface area contributed by atoms with E-state index in [-0.39, 0.29) is 12.1 Å². The van der Waals surface area contributed by atoms with E-state index in [4.69, 9.17) is 4.74 Å². The zero-order valence-electron chi connectivity index (χ0n) is 13.4. The molecule has 1 saturated heterocycles. The minimum atomic E-state index is -0.843. The summed E-state index contributed by atoms with van der Waals surface area (Å²) in [6.07, 6.45) is 2.36. The maximum Gasteiger partial charge on any atom is 0.0691 e. The lowest BCUT2D eigenvalue weighted by Gasteiger charge is -2.21. The van der Waals surface area contributed by atoms with Crippen molar-refractivity contribution >= 4 is 10.8 Å². The second-order valence-corrected chi connectivity index (χ2v) is 7.42. The number of benzene rings is 1. The van der Waals surface area contributed by atoms with Gasteiger partial charge in [-0.15, -0.1) is 0 Å². The molecule has 1 N–H and O–H groups in total. The van der Waals surface area contributed by atoms with E-state index in [0.717, 1.165) is 26.0 Å². The minimum absolute atomic E-state index is 0.165. The zero-order chi connectivity index (χ0) is 15.2. The molecule has 118 valence electrons. The fourth-order valence-electron chi connectivity index (χ4n) is 2.96. The lowest BCUT2D eigenvalue weighted by atomic mass is 10.0. The molecule has 4 heteroatoms. The van der Waals surface area contributed by atoms with Crippen molar-refractivity contribution in [1.82, 2.24) is 5.32 Å². The Labute approximate surface area is 130 Å². The van der Waals surface area contributed by atoms with Crippen LogP contribution in [0.5, 0.6) is 0 Å². The van der Waals surface area contributed by atoms with Crippen LogP contribution in [-0.4, -0.2) is 35.0 Å². The Hall–Kier alpha value is -0.710. The van der Waals surface area contributed by atoms with Gasteiger partial charge in [0.2, 0.25) is 0 Å². The first-order chi connectivity index (χ1) is 10.1. The van der Waals surface area contributed by atoms with Crippen LogP contribution in [0.15, 0.2) is 18.2 Å². The number of ether oxygens (including phenoxy) is 1. The van der Waals surface area contributed by atoms with Crippen LogP contribution in [0.3, 0.4) is 0 Å². The van der Waals surface area contributed by atoms with Crippen molar-refractivity contribution in [2.24, 2.45) is 0 Å².